The van der Waals surface area contributed by atoms with Crippen molar-refractivity contribution in [3.05, 3.63) is 73.6 Å². The predicted octanol–water partition coefficient (Wildman–Crippen LogP) is 8.52. The van der Waals surface area contributed by atoms with Crippen LogP contribution < -0.4 is 21.2 Å². The summed E-state index contributed by atoms with van der Waals surface area (Å²) in [5.74, 6) is -0.262. The van der Waals surface area contributed by atoms with E-state index in [0.717, 1.165) is 76.4 Å². The van der Waals surface area contributed by atoms with Gasteiger partial charge in [0.05, 0.1) is 24.2 Å². The number of carbonyl (C=O) groups excluding carboxylic acids is 3. The number of aliphatic hydroxyl groups is 1. The fraction of sp³-hybridized carbons (Fsp3) is 0.571. The van der Waals surface area contributed by atoms with E-state index in [-0.39, 0.29) is 54.2 Å². The first kappa shape index (κ1) is 43.8. The van der Waals surface area contributed by atoms with E-state index in [4.69, 9.17) is 9.47 Å². The van der Waals surface area contributed by atoms with Gasteiger partial charge in [0, 0.05) is 63.4 Å². The molecule has 2 fully saturated rings. The Balaban J connectivity index is 1.31. The van der Waals surface area contributed by atoms with Crippen LogP contribution in [0.4, 0.5) is 0 Å². The number of methoxy groups -OCH3 is 1. The molecule has 3 aliphatic heterocycles. The number of ketones is 1. The molecule has 10 heteroatoms. The number of H-pyrrole nitrogens is 2. The molecule has 4 aliphatic rings. The van der Waals surface area contributed by atoms with Gasteiger partial charge in [-0.3, -0.25) is 14.4 Å². The number of aromatic amines is 2. The summed E-state index contributed by atoms with van der Waals surface area (Å²) in [4.78, 5) is 47.3. The smallest absolute Gasteiger partial charge is 0.320 e. The molecule has 59 heavy (non-hydrogen) atoms. The molecule has 5 N–H and O–H groups in total. The Bertz CT molecular complexity index is 2180. The maximum atomic E-state index is 13.6. The number of aliphatic hydroxyl groups excluding tert-OH is 1. The van der Waals surface area contributed by atoms with Crippen LogP contribution in [-0.2, 0) is 19.1 Å². The van der Waals surface area contributed by atoms with Gasteiger partial charge in [-0.2, -0.15) is 0 Å². The van der Waals surface area contributed by atoms with Gasteiger partial charge >= 0.3 is 11.9 Å². The van der Waals surface area contributed by atoms with Gasteiger partial charge in [0.2, 0.25) is 0 Å². The third kappa shape index (κ3) is 9.07. The van der Waals surface area contributed by atoms with Crippen LogP contribution in [0.1, 0.15) is 145 Å². The summed E-state index contributed by atoms with van der Waals surface area (Å²) >= 11 is 0. The van der Waals surface area contributed by atoms with Crippen LogP contribution in [0.3, 0.4) is 0 Å². The van der Waals surface area contributed by atoms with E-state index in [0.29, 0.717) is 28.1 Å². The number of hydrogen-bond donors (Lipinski definition) is 5. The normalized spacial score (nSPS) is 26.5. The van der Waals surface area contributed by atoms with Crippen molar-refractivity contribution in [2.45, 2.75) is 126 Å². The van der Waals surface area contributed by atoms with Crippen molar-refractivity contribution in [3.8, 4) is 0 Å². The van der Waals surface area contributed by atoms with Crippen molar-refractivity contribution in [1.29, 1.82) is 0 Å². The van der Waals surface area contributed by atoms with Gasteiger partial charge in [-0.25, -0.2) is 0 Å². The minimum absolute atomic E-state index is 0.0181. The molecule has 5 heterocycles. The maximum Gasteiger partial charge on any atom is 0.320 e. The Morgan fingerprint density at radius 2 is 1.58 bits per heavy atom. The molecule has 0 amide bonds. The molecule has 6 rings (SSSR count). The lowest BCUT2D eigenvalue weighted by Crippen LogP contribution is -2.38. The number of hydrogen-bond acceptors (Lipinski definition) is 8. The number of aromatic nitrogens is 2. The molecule has 7 atom stereocenters. The number of nitrogens with one attached hydrogen (secondary N) is 4. The van der Waals surface area contributed by atoms with Gasteiger partial charge in [0.15, 0.2) is 5.78 Å². The van der Waals surface area contributed by atoms with Crippen LogP contribution in [0, 0.1) is 55.3 Å². The molecule has 10 nitrogen and oxygen atoms in total. The number of Topliss-reactive ketones (excluding diaryl/α,β-unsaturated/α-hetero) is 1. The molecule has 0 saturated carbocycles. The summed E-state index contributed by atoms with van der Waals surface area (Å²) in [5, 5.41) is 20.7. The van der Waals surface area contributed by atoms with E-state index in [2.05, 4.69) is 86.4 Å². The topological polar surface area (TPSA) is 146 Å². The average Bonchev–Trinajstić information content (AvgIpc) is 3.93. The van der Waals surface area contributed by atoms with Gasteiger partial charge in [-0.1, -0.05) is 79.4 Å². The third-order valence-corrected chi connectivity index (χ3v) is 13.6. The number of rotatable bonds is 16. The maximum absolute atomic E-state index is 13.6. The molecular weight excluding hydrogens is 741 g/mol. The molecule has 1 aliphatic carbocycles. The zero-order valence-electron chi connectivity index (χ0n) is 37.1. The highest BCUT2D eigenvalue weighted by atomic mass is 16.5. The van der Waals surface area contributed by atoms with Crippen LogP contribution in [-0.4, -0.2) is 52.6 Å². The quantitative estimate of drug-likeness (QED) is 0.0492. The van der Waals surface area contributed by atoms with Crippen LogP contribution >= 0.6 is 0 Å². The van der Waals surface area contributed by atoms with Crippen molar-refractivity contribution in [3.63, 3.8) is 0 Å². The van der Waals surface area contributed by atoms with Crippen LogP contribution in [0.5, 0.6) is 0 Å². The van der Waals surface area contributed by atoms with Gasteiger partial charge in [-0.05, 0) is 99.1 Å². The summed E-state index contributed by atoms with van der Waals surface area (Å²) in [7, 11) is 1.34. The molecule has 2 aromatic heterocycles. The molecule has 0 spiro atoms. The van der Waals surface area contributed by atoms with Gasteiger partial charge in [0.25, 0.3) is 0 Å². The molecule has 0 aromatic carbocycles. The fourth-order valence-electron chi connectivity index (χ4n) is 10.1. The molecule has 2 saturated heterocycles. The van der Waals surface area contributed by atoms with Crippen molar-refractivity contribution in [2.24, 2.45) is 41.4 Å². The lowest BCUT2D eigenvalue weighted by molar-refractivity contribution is -0.143. The number of allylic oxidation sites excluding steroid dienone is 4. The summed E-state index contributed by atoms with van der Waals surface area (Å²) in [6, 6.07) is -0.433. The number of unbranched alkanes of at least 4 members (excludes halogenated alkanes) is 1. The van der Waals surface area contributed by atoms with Crippen LogP contribution in [0.15, 0.2) is 29.2 Å². The number of carbonyl (C=O) groups is 3. The average molecular weight is 809 g/mol. The molecule has 1 unspecified atom stereocenters. The molecule has 320 valence electrons. The highest BCUT2D eigenvalue weighted by Crippen LogP contribution is 2.43. The van der Waals surface area contributed by atoms with Crippen molar-refractivity contribution >= 4 is 47.3 Å². The Morgan fingerprint density at radius 3 is 2.27 bits per heavy atom. The van der Waals surface area contributed by atoms with Crippen LogP contribution in [0.25, 0.3) is 29.6 Å². The number of esters is 2. The van der Waals surface area contributed by atoms with E-state index in [1.165, 1.54) is 32.8 Å². The zero-order chi connectivity index (χ0) is 42.7. The Kier molecular flexibility index (Phi) is 13.9. The van der Waals surface area contributed by atoms with E-state index >= 15 is 0 Å². The second-order valence-corrected chi connectivity index (χ2v) is 18.1. The minimum atomic E-state index is -1.02. The van der Waals surface area contributed by atoms with Crippen molar-refractivity contribution in [1.82, 2.24) is 20.6 Å². The lowest BCUT2D eigenvalue weighted by atomic mass is 9.80. The van der Waals surface area contributed by atoms with E-state index in [1.54, 1.807) is 6.92 Å². The highest BCUT2D eigenvalue weighted by Gasteiger charge is 2.47. The zero-order valence-corrected chi connectivity index (χ0v) is 37.1. The number of ether oxygens (including phenoxy) is 2. The predicted molar refractivity (Wildman–Crippen MR) is 236 cm³/mol. The third-order valence-electron chi connectivity index (χ3n) is 13.6. The second kappa shape index (κ2) is 18.7. The van der Waals surface area contributed by atoms with E-state index < -0.39 is 17.9 Å². The molecule has 2 aromatic rings. The summed E-state index contributed by atoms with van der Waals surface area (Å²) in [5.41, 5.74) is 8.45. The Morgan fingerprint density at radius 1 is 0.881 bits per heavy atom. The first-order valence-corrected chi connectivity index (χ1v) is 22.1. The summed E-state index contributed by atoms with van der Waals surface area (Å²) in [6.45, 7) is 19.2. The molecule has 0 radical (unpaired) electrons. The monoisotopic (exact) mass is 809 g/mol. The van der Waals surface area contributed by atoms with Crippen LogP contribution in [0.2, 0.25) is 0 Å². The van der Waals surface area contributed by atoms with E-state index in [1.807, 2.05) is 19.9 Å². The Hall–Kier alpha value is -4.73. The second-order valence-electron chi connectivity index (χ2n) is 18.1. The van der Waals surface area contributed by atoms with Crippen molar-refractivity contribution < 1.29 is 29.0 Å². The first-order chi connectivity index (χ1) is 28.2. The molecular formula is C49H68N4O6. The van der Waals surface area contributed by atoms with E-state index in [9.17, 15) is 19.5 Å². The van der Waals surface area contributed by atoms with Gasteiger partial charge in [0.1, 0.15) is 18.3 Å². The number of fused-ring (bicyclic) bond motifs is 8. The molecule has 8 bridgehead atoms. The largest absolute Gasteiger partial charge is 0.510 e. The summed E-state index contributed by atoms with van der Waals surface area (Å²) < 4.78 is 11.0. The van der Waals surface area contributed by atoms with Gasteiger partial charge < -0.3 is 35.2 Å². The fourth-order valence-corrected chi connectivity index (χ4v) is 10.1. The minimum Gasteiger partial charge on any atom is -0.510 e. The SMILES string of the molecule is CC[C@H]1/C2=C/c3[nH]c4c(c3C)=C(O)[C@H](C(=O)OC)C=4C3N/C(=C\c4[nH]c(c(C(C)=O)c4C)/C=C(\N2)[C@@H]1C)[C@@H](C)[C@@H]3CCC(=O)OC/C=C/CCC[C@H](C)CCCC(C)C. The highest BCUT2D eigenvalue weighted by molar-refractivity contribution is 6.00. The van der Waals surface area contributed by atoms with Crippen molar-refractivity contribution in [2.75, 3.05) is 13.7 Å². The standard InChI is InChI=1S/C49H68N4O6/c1-11-33-28(5)35-25-40-42(32(9)54)30(7)37(51-40)23-36-29(6)34(20-21-41(55)59-22-15-13-12-14-18-27(4)19-16-17-26(2)3)46(52-36)44-45(49(57)58-10)48(56)43-31(8)38(53-47(43)44)24-39(33)50-35/h13,15,23-29,33-34,45-46,50-53,56H,11-12,14,16-22H2,1-10H3/b15-13+,35-25-,36-23-,39-24-/t27-,28+,29-,33+,34-,45+,46?/m0/s1. The Labute approximate surface area is 350 Å². The lowest BCUT2D eigenvalue weighted by Gasteiger charge is -2.26. The first-order valence-electron chi connectivity index (χ1n) is 22.1. The van der Waals surface area contributed by atoms with Gasteiger partial charge in [-0.15, -0.1) is 0 Å². The summed E-state index contributed by atoms with van der Waals surface area (Å²) in [6.07, 6.45) is 19.1.